The average molecular weight is 248 g/mol. The van der Waals surface area contributed by atoms with Crippen molar-refractivity contribution in [3.05, 3.63) is 29.6 Å². The van der Waals surface area contributed by atoms with Crippen LogP contribution in [0.5, 0.6) is 0 Å². The van der Waals surface area contributed by atoms with E-state index in [1.807, 2.05) is 25.1 Å². The van der Waals surface area contributed by atoms with Crippen molar-refractivity contribution in [2.75, 3.05) is 18.4 Å². The lowest BCUT2D eigenvalue weighted by molar-refractivity contribution is -0.116. The second-order valence-corrected chi connectivity index (χ2v) is 4.77. The highest BCUT2D eigenvalue weighted by Gasteiger charge is 2.02. The third-order valence-electron chi connectivity index (χ3n) is 2.51. The highest BCUT2D eigenvalue weighted by atomic mass is 32.1. The van der Waals surface area contributed by atoms with Crippen LogP contribution in [0.2, 0.25) is 0 Å². The third-order valence-corrected chi connectivity index (χ3v) is 3.41. The van der Waals surface area contributed by atoms with E-state index >= 15 is 0 Å². The van der Waals surface area contributed by atoms with Gasteiger partial charge in [-0.1, -0.05) is 6.92 Å². The molecule has 0 bridgehead atoms. The Morgan fingerprint density at radius 3 is 3.06 bits per heavy atom. The van der Waals surface area contributed by atoms with Crippen LogP contribution in [0.15, 0.2) is 29.6 Å². The summed E-state index contributed by atoms with van der Waals surface area (Å²) < 4.78 is 1.25. The summed E-state index contributed by atoms with van der Waals surface area (Å²) in [7, 11) is 0. The van der Waals surface area contributed by atoms with E-state index in [1.54, 1.807) is 11.3 Å². The van der Waals surface area contributed by atoms with E-state index in [9.17, 15) is 4.79 Å². The molecule has 2 rings (SSSR count). The number of hydrogen-bond donors (Lipinski definition) is 2. The Balaban J connectivity index is 1.95. The van der Waals surface area contributed by atoms with E-state index in [1.165, 1.54) is 10.1 Å². The van der Waals surface area contributed by atoms with Gasteiger partial charge in [-0.05, 0) is 41.6 Å². The van der Waals surface area contributed by atoms with E-state index < -0.39 is 0 Å². The summed E-state index contributed by atoms with van der Waals surface area (Å²) in [5, 5.41) is 9.28. The molecule has 0 aliphatic heterocycles. The summed E-state index contributed by atoms with van der Waals surface area (Å²) in [4.78, 5) is 11.6. The standard InChI is InChI=1S/C13H16N2OS/c1-2-14-7-5-13(16)15-11-3-4-12-10(9-11)6-8-17-12/h3-4,6,8-9,14H,2,5,7H2,1H3,(H,15,16). The Morgan fingerprint density at radius 1 is 1.35 bits per heavy atom. The van der Waals surface area contributed by atoms with Crippen LogP contribution in [0.3, 0.4) is 0 Å². The molecule has 3 nitrogen and oxygen atoms in total. The summed E-state index contributed by atoms with van der Waals surface area (Å²) in [5.41, 5.74) is 0.873. The lowest BCUT2D eigenvalue weighted by atomic mass is 10.2. The molecule has 0 radical (unpaired) electrons. The van der Waals surface area contributed by atoms with Crippen LogP contribution >= 0.6 is 11.3 Å². The fourth-order valence-electron chi connectivity index (χ4n) is 1.65. The smallest absolute Gasteiger partial charge is 0.225 e. The van der Waals surface area contributed by atoms with Crippen LogP contribution in [0.1, 0.15) is 13.3 Å². The minimum Gasteiger partial charge on any atom is -0.326 e. The van der Waals surface area contributed by atoms with E-state index in [0.29, 0.717) is 6.42 Å². The van der Waals surface area contributed by atoms with Gasteiger partial charge in [-0.15, -0.1) is 11.3 Å². The first-order valence-corrected chi connectivity index (χ1v) is 6.65. The Hall–Kier alpha value is -1.39. The van der Waals surface area contributed by atoms with E-state index in [4.69, 9.17) is 0 Å². The number of thiophene rings is 1. The molecule has 0 aliphatic carbocycles. The SMILES string of the molecule is CCNCCC(=O)Nc1ccc2sccc2c1. The van der Waals surface area contributed by atoms with Crippen LogP contribution in [-0.4, -0.2) is 19.0 Å². The van der Waals surface area contributed by atoms with Crippen molar-refractivity contribution in [2.24, 2.45) is 0 Å². The van der Waals surface area contributed by atoms with E-state index in [2.05, 4.69) is 22.1 Å². The van der Waals surface area contributed by atoms with Crippen LogP contribution in [0.4, 0.5) is 5.69 Å². The van der Waals surface area contributed by atoms with Gasteiger partial charge in [0, 0.05) is 23.4 Å². The van der Waals surface area contributed by atoms with Crippen molar-refractivity contribution in [1.29, 1.82) is 0 Å². The zero-order valence-corrected chi connectivity index (χ0v) is 10.6. The first kappa shape index (κ1) is 12.1. The van der Waals surface area contributed by atoms with Crippen molar-refractivity contribution in [2.45, 2.75) is 13.3 Å². The molecule has 2 aromatic rings. The number of amides is 1. The number of fused-ring (bicyclic) bond motifs is 1. The number of nitrogens with one attached hydrogen (secondary N) is 2. The molecule has 0 atom stereocenters. The second kappa shape index (κ2) is 5.80. The monoisotopic (exact) mass is 248 g/mol. The quantitative estimate of drug-likeness (QED) is 0.799. The summed E-state index contributed by atoms with van der Waals surface area (Å²) in [5.74, 6) is 0.0560. The minimum absolute atomic E-state index is 0.0560. The maximum atomic E-state index is 11.6. The summed E-state index contributed by atoms with van der Waals surface area (Å²) in [6.45, 7) is 3.65. The Labute approximate surface area is 105 Å². The van der Waals surface area contributed by atoms with Crippen LogP contribution in [-0.2, 0) is 4.79 Å². The van der Waals surface area contributed by atoms with Gasteiger partial charge in [0.2, 0.25) is 5.91 Å². The van der Waals surface area contributed by atoms with Gasteiger partial charge in [0.25, 0.3) is 0 Å². The molecule has 0 unspecified atom stereocenters. The largest absolute Gasteiger partial charge is 0.326 e. The van der Waals surface area contributed by atoms with Crippen LogP contribution < -0.4 is 10.6 Å². The van der Waals surface area contributed by atoms with E-state index in [0.717, 1.165) is 18.8 Å². The summed E-state index contributed by atoms with van der Waals surface area (Å²) in [6, 6.07) is 8.06. The molecule has 0 aliphatic rings. The molecule has 17 heavy (non-hydrogen) atoms. The molecule has 4 heteroatoms. The molecule has 2 N–H and O–H groups in total. The summed E-state index contributed by atoms with van der Waals surface area (Å²) in [6.07, 6.45) is 0.509. The molecular weight excluding hydrogens is 232 g/mol. The van der Waals surface area contributed by atoms with Crippen molar-refractivity contribution < 1.29 is 4.79 Å². The molecular formula is C13H16N2OS. The second-order valence-electron chi connectivity index (χ2n) is 3.82. The zero-order chi connectivity index (χ0) is 12.1. The Morgan fingerprint density at radius 2 is 2.24 bits per heavy atom. The number of hydrogen-bond acceptors (Lipinski definition) is 3. The third kappa shape index (κ3) is 3.28. The predicted molar refractivity (Wildman–Crippen MR) is 73.6 cm³/mol. The molecule has 0 spiro atoms. The number of anilines is 1. The highest BCUT2D eigenvalue weighted by Crippen LogP contribution is 2.23. The lowest BCUT2D eigenvalue weighted by Gasteiger charge is -2.05. The van der Waals surface area contributed by atoms with Crippen molar-refractivity contribution in [3.63, 3.8) is 0 Å². The zero-order valence-electron chi connectivity index (χ0n) is 9.82. The Kier molecular flexibility index (Phi) is 4.12. The lowest BCUT2D eigenvalue weighted by Crippen LogP contribution is -2.21. The minimum atomic E-state index is 0.0560. The molecule has 1 aromatic carbocycles. The van der Waals surface area contributed by atoms with Gasteiger partial charge >= 0.3 is 0 Å². The summed E-state index contributed by atoms with van der Waals surface area (Å²) >= 11 is 1.71. The Bertz CT molecular complexity index is 507. The van der Waals surface area contributed by atoms with Crippen LogP contribution in [0.25, 0.3) is 10.1 Å². The highest BCUT2D eigenvalue weighted by molar-refractivity contribution is 7.17. The van der Waals surface area contributed by atoms with Gasteiger partial charge in [0.15, 0.2) is 0 Å². The van der Waals surface area contributed by atoms with Crippen molar-refractivity contribution in [1.82, 2.24) is 5.32 Å². The van der Waals surface area contributed by atoms with Crippen molar-refractivity contribution in [3.8, 4) is 0 Å². The number of benzene rings is 1. The number of carbonyl (C=O) groups excluding carboxylic acids is 1. The van der Waals surface area contributed by atoms with Gasteiger partial charge in [0.05, 0.1) is 0 Å². The molecule has 0 saturated carbocycles. The number of carbonyl (C=O) groups is 1. The van der Waals surface area contributed by atoms with Gasteiger partial charge in [-0.25, -0.2) is 0 Å². The predicted octanol–water partition coefficient (Wildman–Crippen LogP) is 2.84. The molecule has 0 saturated heterocycles. The normalized spacial score (nSPS) is 10.6. The average Bonchev–Trinajstić information content (AvgIpc) is 2.76. The van der Waals surface area contributed by atoms with Crippen molar-refractivity contribution >= 4 is 33.0 Å². The maximum Gasteiger partial charge on any atom is 0.225 e. The topological polar surface area (TPSA) is 41.1 Å². The molecule has 1 aromatic heterocycles. The molecule has 90 valence electrons. The number of rotatable bonds is 5. The van der Waals surface area contributed by atoms with Gasteiger partial charge in [-0.2, -0.15) is 0 Å². The maximum absolute atomic E-state index is 11.6. The fraction of sp³-hybridized carbons (Fsp3) is 0.308. The first-order chi connectivity index (χ1) is 8.29. The molecule has 1 heterocycles. The van der Waals surface area contributed by atoms with E-state index in [-0.39, 0.29) is 5.91 Å². The van der Waals surface area contributed by atoms with Crippen LogP contribution in [0, 0.1) is 0 Å². The fourth-order valence-corrected chi connectivity index (χ4v) is 2.42. The molecule has 1 amide bonds. The van der Waals surface area contributed by atoms with Gasteiger partial charge < -0.3 is 10.6 Å². The molecule has 0 fully saturated rings. The van der Waals surface area contributed by atoms with Gasteiger partial charge in [0.1, 0.15) is 0 Å². The first-order valence-electron chi connectivity index (χ1n) is 5.77. The van der Waals surface area contributed by atoms with Gasteiger partial charge in [-0.3, -0.25) is 4.79 Å².